The van der Waals surface area contributed by atoms with Crippen LogP contribution in [-0.4, -0.2) is 13.1 Å². The maximum absolute atomic E-state index is 3.79. The van der Waals surface area contributed by atoms with Crippen molar-refractivity contribution in [2.45, 2.75) is 66.2 Å². The van der Waals surface area contributed by atoms with Crippen LogP contribution in [0.5, 0.6) is 0 Å². The van der Waals surface area contributed by atoms with Crippen LogP contribution in [0.2, 0.25) is 0 Å². The van der Waals surface area contributed by atoms with Gasteiger partial charge in [-0.25, -0.2) is 0 Å². The molecule has 2 rings (SSSR count). The highest BCUT2D eigenvalue weighted by molar-refractivity contribution is 5.03. The Labute approximate surface area is 114 Å². The zero-order valence-corrected chi connectivity index (χ0v) is 13.0. The molecule has 4 atom stereocenters. The fraction of sp³-hybridized carbons (Fsp3) is 1.00. The van der Waals surface area contributed by atoms with E-state index in [1.807, 2.05) is 0 Å². The largest absolute Gasteiger partial charge is 0.316 e. The van der Waals surface area contributed by atoms with Crippen molar-refractivity contribution < 1.29 is 0 Å². The predicted octanol–water partition coefficient (Wildman–Crippen LogP) is 4.47. The van der Waals surface area contributed by atoms with Gasteiger partial charge in [0.2, 0.25) is 0 Å². The van der Waals surface area contributed by atoms with E-state index < -0.39 is 0 Å². The lowest BCUT2D eigenvalue weighted by atomic mass is 9.64. The van der Waals surface area contributed by atoms with Gasteiger partial charge in [-0.05, 0) is 54.9 Å². The Hall–Kier alpha value is -0.0400. The lowest BCUT2D eigenvalue weighted by Crippen LogP contribution is -2.44. The van der Waals surface area contributed by atoms with E-state index in [-0.39, 0.29) is 0 Å². The Balaban J connectivity index is 1.99. The minimum atomic E-state index is 0.647. The van der Waals surface area contributed by atoms with Gasteiger partial charge in [0.25, 0.3) is 0 Å². The van der Waals surface area contributed by atoms with E-state index in [1.165, 1.54) is 51.6 Å². The van der Waals surface area contributed by atoms with Crippen LogP contribution in [0.15, 0.2) is 0 Å². The molecule has 18 heavy (non-hydrogen) atoms. The van der Waals surface area contributed by atoms with E-state index in [4.69, 9.17) is 0 Å². The molecule has 0 spiro atoms. The standard InChI is InChI=1S/C17H33N/c1-5-6-14(4)17(12-18-11-13(2)3)10-15-7-8-16(17)9-15/h13-16,18H,5-12H2,1-4H3. The van der Waals surface area contributed by atoms with Crippen molar-refractivity contribution >= 4 is 0 Å². The fourth-order valence-corrected chi connectivity index (χ4v) is 4.79. The van der Waals surface area contributed by atoms with E-state index in [9.17, 15) is 0 Å². The van der Waals surface area contributed by atoms with Crippen LogP contribution in [0.1, 0.15) is 66.2 Å². The molecule has 106 valence electrons. The zero-order chi connectivity index (χ0) is 13.2. The summed E-state index contributed by atoms with van der Waals surface area (Å²) in [6.07, 6.45) is 8.87. The summed E-state index contributed by atoms with van der Waals surface area (Å²) in [5, 5.41) is 3.79. The maximum Gasteiger partial charge on any atom is 0.00132 e. The number of fused-ring (bicyclic) bond motifs is 2. The van der Waals surface area contributed by atoms with Crippen LogP contribution in [0, 0.1) is 29.1 Å². The number of nitrogens with one attached hydrogen (secondary N) is 1. The average molecular weight is 251 g/mol. The van der Waals surface area contributed by atoms with Gasteiger partial charge < -0.3 is 5.32 Å². The van der Waals surface area contributed by atoms with Gasteiger partial charge >= 0.3 is 0 Å². The minimum absolute atomic E-state index is 0.647. The van der Waals surface area contributed by atoms with Gasteiger partial charge in [0.05, 0.1) is 0 Å². The maximum atomic E-state index is 3.79. The van der Waals surface area contributed by atoms with E-state index >= 15 is 0 Å². The molecule has 0 aromatic rings. The molecule has 2 aliphatic carbocycles. The monoisotopic (exact) mass is 251 g/mol. The van der Waals surface area contributed by atoms with E-state index in [2.05, 4.69) is 33.0 Å². The fourth-order valence-electron chi connectivity index (χ4n) is 4.79. The molecule has 0 aromatic carbocycles. The molecule has 2 bridgehead atoms. The Morgan fingerprint density at radius 2 is 2.00 bits per heavy atom. The second kappa shape index (κ2) is 5.94. The third kappa shape index (κ3) is 2.76. The molecule has 0 aromatic heterocycles. The van der Waals surface area contributed by atoms with Crippen LogP contribution in [0.25, 0.3) is 0 Å². The Morgan fingerprint density at radius 1 is 1.22 bits per heavy atom. The summed E-state index contributed by atoms with van der Waals surface area (Å²) in [6, 6.07) is 0. The molecule has 0 saturated heterocycles. The summed E-state index contributed by atoms with van der Waals surface area (Å²) in [7, 11) is 0. The molecule has 0 amide bonds. The van der Waals surface area contributed by atoms with Crippen molar-refractivity contribution in [2.75, 3.05) is 13.1 Å². The molecule has 1 nitrogen and oxygen atoms in total. The molecule has 0 heterocycles. The van der Waals surface area contributed by atoms with Gasteiger partial charge in [0.1, 0.15) is 0 Å². The van der Waals surface area contributed by atoms with Crippen molar-refractivity contribution in [1.82, 2.24) is 5.32 Å². The van der Waals surface area contributed by atoms with Crippen molar-refractivity contribution in [3.05, 3.63) is 0 Å². The number of rotatable bonds is 7. The van der Waals surface area contributed by atoms with Crippen molar-refractivity contribution in [3.63, 3.8) is 0 Å². The molecule has 2 fully saturated rings. The molecular weight excluding hydrogens is 218 g/mol. The highest BCUT2D eigenvalue weighted by atomic mass is 14.9. The summed E-state index contributed by atoms with van der Waals surface area (Å²) in [4.78, 5) is 0. The summed E-state index contributed by atoms with van der Waals surface area (Å²) >= 11 is 0. The van der Waals surface area contributed by atoms with Crippen LogP contribution < -0.4 is 5.32 Å². The van der Waals surface area contributed by atoms with Gasteiger partial charge in [-0.3, -0.25) is 0 Å². The summed E-state index contributed by atoms with van der Waals surface area (Å²) in [5.74, 6) is 3.79. The molecular formula is C17H33N. The first-order valence-corrected chi connectivity index (χ1v) is 8.29. The van der Waals surface area contributed by atoms with Crippen LogP contribution >= 0.6 is 0 Å². The highest BCUT2D eigenvalue weighted by Gasteiger charge is 2.52. The zero-order valence-electron chi connectivity index (χ0n) is 13.0. The second-order valence-corrected chi connectivity index (χ2v) is 7.53. The SMILES string of the molecule is CCCC(C)C1(CNCC(C)C)CC2CCC1C2. The van der Waals surface area contributed by atoms with Crippen molar-refractivity contribution in [2.24, 2.45) is 29.1 Å². The molecule has 1 heteroatoms. The Kier molecular flexibility index (Phi) is 4.75. The van der Waals surface area contributed by atoms with E-state index in [1.54, 1.807) is 0 Å². The summed E-state index contributed by atoms with van der Waals surface area (Å²) in [6.45, 7) is 12.0. The molecule has 0 aliphatic heterocycles. The third-order valence-corrected chi connectivity index (χ3v) is 5.73. The van der Waals surface area contributed by atoms with Gasteiger partial charge in [-0.2, -0.15) is 0 Å². The smallest absolute Gasteiger partial charge is 0.00132 e. The first-order valence-electron chi connectivity index (χ1n) is 8.29. The van der Waals surface area contributed by atoms with Crippen LogP contribution in [0.4, 0.5) is 0 Å². The average Bonchev–Trinajstić information content (AvgIpc) is 2.89. The van der Waals surface area contributed by atoms with Crippen LogP contribution in [-0.2, 0) is 0 Å². The number of hydrogen-bond donors (Lipinski definition) is 1. The molecule has 0 radical (unpaired) electrons. The predicted molar refractivity (Wildman–Crippen MR) is 79.7 cm³/mol. The highest BCUT2D eigenvalue weighted by Crippen LogP contribution is 2.59. The first-order chi connectivity index (χ1) is 8.58. The molecule has 1 N–H and O–H groups in total. The topological polar surface area (TPSA) is 12.0 Å². The van der Waals surface area contributed by atoms with Gasteiger partial charge in [0, 0.05) is 6.54 Å². The Bertz CT molecular complexity index is 260. The quantitative estimate of drug-likeness (QED) is 0.703. The summed E-state index contributed by atoms with van der Waals surface area (Å²) in [5.41, 5.74) is 0.647. The third-order valence-electron chi connectivity index (χ3n) is 5.73. The minimum Gasteiger partial charge on any atom is -0.316 e. The van der Waals surface area contributed by atoms with Gasteiger partial charge in [-0.1, -0.05) is 47.0 Å². The van der Waals surface area contributed by atoms with Crippen molar-refractivity contribution in [3.8, 4) is 0 Å². The van der Waals surface area contributed by atoms with Gasteiger partial charge in [0.15, 0.2) is 0 Å². The number of hydrogen-bond acceptors (Lipinski definition) is 1. The molecule has 2 saturated carbocycles. The van der Waals surface area contributed by atoms with Crippen LogP contribution in [0.3, 0.4) is 0 Å². The van der Waals surface area contributed by atoms with E-state index in [0.29, 0.717) is 5.41 Å². The van der Waals surface area contributed by atoms with E-state index in [0.717, 1.165) is 23.7 Å². The Morgan fingerprint density at radius 3 is 2.50 bits per heavy atom. The normalized spacial score (nSPS) is 36.5. The van der Waals surface area contributed by atoms with Gasteiger partial charge in [-0.15, -0.1) is 0 Å². The summed E-state index contributed by atoms with van der Waals surface area (Å²) < 4.78 is 0. The lowest BCUT2D eigenvalue weighted by molar-refractivity contribution is 0.0758. The first kappa shape index (κ1) is 14.4. The second-order valence-electron chi connectivity index (χ2n) is 7.53. The molecule has 4 unspecified atom stereocenters. The lowest BCUT2D eigenvalue weighted by Gasteiger charge is -2.43. The molecule has 2 aliphatic rings. The van der Waals surface area contributed by atoms with Crippen molar-refractivity contribution in [1.29, 1.82) is 0 Å².